The van der Waals surface area contributed by atoms with E-state index < -0.39 is 0 Å². The van der Waals surface area contributed by atoms with Crippen LogP contribution in [0.3, 0.4) is 0 Å². The molecule has 0 aliphatic heterocycles. The van der Waals surface area contributed by atoms with Crippen molar-refractivity contribution in [3.63, 3.8) is 0 Å². The Hall–Kier alpha value is -1.12. The first-order valence-electron chi connectivity index (χ1n) is 7.70. The van der Waals surface area contributed by atoms with Gasteiger partial charge in [-0.2, -0.15) is 0 Å². The molecule has 0 spiro atoms. The van der Waals surface area contributed by atoms with Crippen LogP contribution in [0.25, 0.3) is 0 Å². The molecule has 2 aromatic rings. The quantitative estimate of drug-likeness (QED) is 0.788. The number of halogens is 1. The minimum absolute atomic E-state index is 0.430. The molecule has 1 aliphatic rings. The molecule has 2 aromatic carbocycles. The Bertz CT molecular complexity index is 616. The van der Waals surface area contributed by atoms with Gasteiger partial charge in [0.2, 0.25) is 0 Å². The third-order valence-corrected chi connectivity index (χ3v) is 5.09. The van der Waals surface area contributed by atoms with Crippen LogP contribution in [0, 0.1) is 6.92 Å². The molecule has 1 aliphatic carbocycles. The SMILES string of the molecule is Cc1ccccc1C(C)NC1CC(c2cccc(Br)c2)C1. The number of nitrogens with one attached hydrogen (secondary N) is 1. The molecule has 21 heavy (non-hydrogen) atoms. The number of rotatable bonds is 4. The molecule has 1 nitrogen and oxygen atoms in total. The van der Waals surface area contributed by atoms with Crippen LogP contribution in [-0.4, -0.2) is 6.04 Å². The lowest BCUT2D eigenvalue weighted by Crippen LogP contribution is -2.41. The Kier molecular flexibility index (Phi) is 4.46. The summed E-state index contributed by atoms with van der Waals surface area (Å²) in [5.41, 5.74) is 4.26. The maximum Gasteiger partial charge on any atom is 0.0296 e. The molecule has 0 amide bonds. The van der Waals surface area contributed by atoms with Crippen LogP contribution in [0.4, 0.5) is 0 Å². The zero-order chi connectivity index (χ0) is 14.8. The van der Waals surface area contributed by atoms with Crippen LogP contribution >= 0.6 is 15.9 Å². The molecule has 0 heterocycles. The van der Waals surface area contributed by atoms with E-state index in [2.05, 4.69) is 83.6 Å². The fourth-order valence-corrected chi connectivity index (χ4v) is 3.72. The Morgan fingerprint density at radius 2 is 1.86 bits per heavy atom. The highest BCUT2D eigenvalue weighted by Crippen LogP contribution is 2.38. The fourth-order valence-electron chi connectivity index (χ4n) is 3.30. The molecule has 0 bridgehead atoms. The van der Waals surface area contributed by atoms with E-state index in [9.17, 15) is 0 Å². The molecule has 3 rings (SSSR count). The number of aryl methyl sites for hydroxylation is 1. The predicted molar refractivity (Wildman–Crippen MR) is 92.6 cm³/mol. The van der Waals surface area contributed by atoms with Crippen molar-refractivity contribution in [2.45, 2.75) is 44.7 Å². The van der Waals surface area contributed by atoms with Crippen LogP contribution < -0.4 is 5.32 Å². The summed E-state index contributed by atoms with van der Waals surface area (Å²) in [6.45, 7) is 4.47. The van der Waals surface area contributed by atoms with Crippen molar-refractivity contribution >= 4 is 15.9 Å². The van der Waals surface area contributed by atoms with Crippen LogP contribution in [0.1, 0.15) is 48.4 Å². The standard InChI is InChI=1S/C19H22BrN/c1-13-6-3-4-9-19(13)14(2)21-18-11-16(12-18)15-7-5-8-17(20)10-15/h3-10,14,16,18,21H,11-12H2,1-2H3. The van der Waals surface area contributed by atoms with Gasteiger partial charge in [-0.25, -0.2) is 0 Å². The van der Waals surface area contributed by atoms with Gasteiger partial charge in [-0.05, 0) is 61.4 Å². The highest BCUT2D eigenvalue weighted by Gasteiger charge is 2.31. The summed E-state index contributed by atoms with van der Waals surface area (Å²) < 4.78 is 1.18. The van der Waals surface area contributed by atoms with Gasteiger partial charge in [-0.3, -0.25) is 0 Å². The van der Waals surface area contributed by atoms with Gasteiger partial charge < -0.3 is 5.32 Å². The second-order valence-corrected chi connectivity index (χ2v) is 7.08. The van der Waals surface area contributed by atoms with E-state index in [1.54, 1.807) is 0 Å². The Labute approximate surface area is 135 Å². The largest absolute Gasteiger partial charge is 0.307 e. The van der Waals surface area contributed by atoms with E-state index in [1.165, 1.54) is 34.0 Å². The first-order valence-corrected chi connectivity index (χ1v) is 8.50. The third kappa shape index (κ3) is 3.38. The van der Waals surface area contributed by atoms with Gasteiger partial charge in [0.25, 0.3) is 0 Å². The monoisotopic (exact) mass is 343 g/mol. The molecule has 1 unspecified atom stereocenters. The average molecular weight is 344 g/mol. The van der Waals surface area contributed by atoms with E-state index in [4.69, 9.17) is 0 Å². The van der Waals surface area contributed by atoms with Crippen LogP contribution in [0.5, 0.6) is 0 Å². The normalized spacial score (nSPS) is 22.6. The molecule has 1 atom stereocenters. The number of hydrogen-bond acceptors (Lipinski definition) is 1. The smallest absolute Gasteiger partial charge is 0.0296 e. The molecular formula is C19H22BrN. The Balaban J connectivity index is 1.56. The second-order valence-electron chi connectivity index (χ2n) is 6.17. The first kappa shape index (κ1) is 14.8. The van der Waals surface area contributed by atoms with Crippen molar-refractivity contribution < 1.29 is 0 Å². The molecule has 2 heteroatoms. The zero-order valence-corrected chi connectivity index (χ0v) is 14.2. The van der Waals surface area contributed by atoms with Gasteiger partial charge in [-0.1, -0.05) is 52.3 Å². The van der Waals surface area contributed by atoms with Crippen molar-refractivity contribution in [2.75, 3.05) is 0 Å². The summed E-state index contributed by atoms with van der Waals surface area (Å²) >= 11 is 3.56. The predicted octanol–water partition coefficient (Wildman–Crippen LogP) is 5.35. The van der Waals surface area contributed by atoms with Gasteiger partial charge >= 0.3 is 0 Å². The second kappa shape index (κ2) is 6.33. The van der Waals surface area contributed by atoms with E-state index in [-0.39, 0.29) is 0 Å². The lowest BCUT2D eigenvalue weighted by molar-refractivity contribution is 0.270. The van der Waals surface area contributed by atoms with E-state index in [1.807, 2.05) is 0 Å². The van der Waals surface area contributed by atoms with Crippen LogP contribution in [0.15, 0.2) is 53.0 Å². The van der Waals surface area contributed by atoms with E-state index in [0.29, 0.717) is 18.0 Å². The first-order chi connectivity index (χ1) is 10.1. The molecule has 0 saturated heterocycles. The highest BCUT2D eigenvalue weighted by molar-refractivity contribution is 9.10. The van der Waals surface area contributed by atoms with Gasteiger partial charge in [-0.15, -0.1) is 0 Å². The van der Waals surface area contributed by atoms with Crippen molar-refractivity contribution in [1.82, 2.24) is 5.32 Å². The third-order valence-electron chi connectivity index (χ3n) is 4.60. The maximum atomic E-state index is 3.78. The lowest BCUT2D eigenvalue weighted by atomic mass is 9.75. The van der Waals surface area contributed by atoms with Gasteiger partial charge in [0, 0.05) is 16.6 Å². The number of benzene rings is 2. The summed E-state index contributed by atoms with van der Waals surface area (Å²) in [6.07, 6.45) is 2.49. The van der Waals surface area contributed by atoms with E-state index in [0.717, 1.165) is 0 Å². The van der Waals surface area contributed by atoms with Crippen LogP contribution in [-0.2, 0) is 0 Å². The van der Waals surface area contributed by atoms with Crippen LogP contribution in [0.2, 0.25) is 0 Å². The van der Waals surface area contributed by atoms with Crippen molar-refractivity contribution in [1.29, 1.82) is 0 Å². The molecule has 0 aromatic heterocycles. The molecular weight excluding hydrogens is 322 g/mol. The zero-order valence-electron chi connectivity index (χ0n) is 12.6. The van der Waals surface area contributed by atoms with Crippen molar-refractivity contribution in [3.05, 3.63) is 69.7 Å². The summed E-state index contributed by atoms with van der Waals surface area (Å²) in [7, 11) is 0. The minimum atomic E-state index is 0.430. The summed E-state index contributed by atoms with van der Waals surface area (Å²) in [6, 6.07) is 18.5. The van der Waals surface area contributed by atoms with E-state index >= 15 is 0 Å². The molecule has 1 saturated carbocycles. The van der Waals surface area contributed by atoms with Gasteiger partial charge in [0.05, 0.1) is 0 Å². The molecule has 110 valence electrons. The van der Waals surface area contributed by atoms with Crippen molar-refractivity contribution in [3.8, 4) is 0 Å². The lowest BCUT2D eigenvalue weighted by Gasteiger charge is -2.38. The highest BCUT2D eigenvalue weighted by atomic mass is 79.9. The van der Waals surface area contributed by atoms with Crippen molar-refractivity contribution in [2.24, 2.45) is 0 Å². The summed E-state index contributed by atoms with van der Waals surface area (Å²) in [4.78, 5) is 0. The van der Waals surface area contributed by atoms with Gasteiger partial charge in [0.15, 0.2) is 0 Å². The number of hydrogen-bond donors (Lipinski definition) is 1. The molecule has 1 N–H and O–H groups in total. The fraction of sp³-hybridized carbons (Fsp3) is 0.368. The molecule has 1 fully saturated rings. The Morgan fingerprint density at radius 1 is 1.10 bits per heavy atom. The molecule has 0 radical (unpaired) electrons. The topological polar surface area (TPSA) is 12.0 Å². The summed E-state index contributed by atoms with van der Waals surface area (Å²) in [5, 5.41) is 3.78. The summed E-state index contributed by atoms with van der Waals surface area (Å²) in [5.74, 6) is 0.712. The average Bonchev–Trinajstić information content (AvgIpc) is 2.42. The minimum Gasteiger partial charge on any atom is -0.307 e. The Morgan fingerprint density at radius 3 is 2.57 bits per heavy atom. The van der Waals surface area contributed by atoms with Gasteiger partial charge in [0.1, 0.15) is 0 Å². The maximum absolute atomic E-state index is 3.78.